The minimum absolute atomic E-state index is 0.160. The molecule has 1 aliphatic rings. The molecule has 0 saturated heterocycles. The summed E-state index contributed by atoms with van der Waals surface area (Å²) >= 11 is 0. The van der Waals surface area contributed by atoms with Gasteiger partial charge in [-0.25, -0.2) is 0 Å². The fourth-order valence-electron chi connectivity index (χ4n) is 1.53. The number of hydrogen-bond donors (Lipinski definition) is 0. The first kappa shape index (κ1) is 8.74. The van der Waals surface area contributed by atoms with E-state index in [1.807, 2.05) is 24.2 Å². The summed E-state index contributed by atoms with van der Waals surface area (Å²) in [5, 5.41) is 10.5. The van der Waals surface area contributed by atoms with Crippen LogP contribution in [0.25, 0.3) is 6.08 Å². The van der Waals surface area contributed by atoms with Crippen molar-refractivity contribution < 1.29 is 4.92 Å². The number of hydrogen-bond acceptors (Lipinski definition) is 3. The Balaban J connectivity index is 2.44. The summed E-state index contributed by atoms with van der Waals surface area (Å²) in [5.41, 5.74) is 2.23. The van der Waals surface area contributed by atoms with Crippen LogP contribution < -0.4 is 0 Å². The molecule has 0 N–H and O–H groups in total. The summed E-state index contributed by atoms with van der Waals surface area (Å²) in [6.45, 7) is 0.730. The predicted molar refractivity (Wildman–Crippen MR) is 53.6 cm³/mol. The predicted octanol–water partition coefficient (Wildman–Crippen LogP) is 2.01. The van der Waals surface area contributed by atoms with Crippen LogP contribution in [0.15, 0.2) is 24.4 Å². The van der Waals surface area contributed by atoms with Gasteiger partial charge in [0.1, 0.15) is 0 Å². The Kier molecular flexibility index (Phi) is 1.96. The molecule has 4 heteroatoms. The van der Waals surface area contributed by atoms with Crippen LogP contribution in [0, 0.1) is 10.1 Å². The van der Waals surface area contributed by atoms with Gasteiger partial charge in [-0.3, -0.25) is 10.1 Å². The minimum Gasteiger partial charge on any atom is -0.376 e. The molecule has 0 aromatic heterocycles. The molecule has 0 aliphatic carbocycles. The Bertz CT molecular complexity index is 413. The molecule has 1 aromatic rings. The first-order valence-electron chi connectivity index (χ1n) is 4.32. The van der Waals surface area contributed by atoms with Crippen LogP contribution in [0.1, 0.15) is 11.1 Å². The zero-order chi connectivity index (χ0) is 10.1. The van der Waals surface area contributed by atoms with E-state index in [4.69, 9.17) is 0 Å². The number of benzene rings is 1. The summed E-state index contributed by atoms with van der Waals surface area (Å²) in [6, 6.07) is 4.96. The second-order valence-corrected chi connectivity index (χ2v) is 3.37. The normalized spacial score (nSPS) is 13.9. The van der Waals surface area contributed by atoms with Gasteiger partial charge in [0.25, 0.3) is 5.69 Å². The van der Waals surface area contributed by atoms with Crippen LogP contribution in [0.5, 0.6) is 0 Å². The van der Waals surface area contributed by atoms with E-state index in [9.17, 15) is 10.1 Å². The Hall–Kier alpha value is -1.84. The summed E-state index contributed by atoms with van der Waals surface area (Å²) in [5.74, 6) is 0. The van der Waals surface area contributed by atoms with Crippen molar-refractivity contribution >= 4 is 11.8 Å². The van der Waals surface area contributed by atoms with E-state index in [1.165, 1.54) is 6.07 Å². The number of nitrogens with zero attached hydrogens (tertiary/aromatic N) is 2. The second kappa shape index (κ2) is 3.14. The van der Waals surface area contributed by atoms with E-state index in [2.05, 4.69) is 0 Å². The van der Waals surface area contributed by atoms with Crippen molar-refractivity contribution in [3.63, 3.8) is 0 Å². The van der Waals surface area contributed by atoms with Crippen molar-refractivity contribution in [3.8, 4) is 0 Å². The SMILES string of the molecule is CN1C=Cc2ccc([N+](=O)[O-])cc2C1. The van der Waals surface area contributed by atoms with E-state index in [1.54, 1.807) is 12.1 Å². The molecule has 72 valence electrons. The molecule has 0 fully saturated rings. The van der Waals surface area contributed by atoms with Crippen LogP contribution in [0.2, 0.25) is 0 Å². The molecule has 0 atom stereocenters. The molecule has 0 saturated carbocycles. The molecule has 0 spiro atoms. The van der Waals surface area contributed by atoms with Gasteiger partial charge in [0.15, 0.2) is 0 Å². The van der Waals surface area contributed by atoms with Gasteiger partial charge in [-0.15, -0.1) is 0 Å². The van der Waals surface area contributed by atoms with Crippen molar-refractivity contribution in [2.75, 3.05) is 7.05 Å². The first-order chi connectivity index (χ1) is 6.66. The molecule has 0 radical (unpaired) electrons. The van der Waals surface area contributed by atoms with E-state index < -0.39 is 0 Å². The summed E-state index contributed by atoms with van der Waals surface area (Å²) < 4.78 is 0. The maximum Gasteiger partial charge on any atom is 0.269 e. The molecule has 0 amide bonds. The lowest BCUT2D eigenvalue weighted by atomic mass is 10.0. The van der Waals surface area contributed by atoms with Crippen LogP contribution in [0.3, 0.4) is 0 Å². The van der Waals surface area contributed by atoms with E-state index in [0.717, 1.165) is 17.7 Å². The molecule has 14 heavy (non-hydrogen) atoms. The molecule has 1 aromatic carbocycles. The number of nitro groups is 1. The minimum atomic E-state index is -0.362. The lowest BCUT2D eigenvalue weighted by molar-refractivity contribution is -0.384. The van der Waals surface area contributed by atoms with Crippen LogP contribution in [-0.4, -0.2) is 16.9 Å². The van der Waals surface area contributed by atoms with Crippen molar-refractivity contribution in [3.05, 3.63) is 45.6 Å². The lowest BCUT2D eigenvalue weighted by Gasteiger charge is -2.20. The summed E-state index contributed by atoms with van der Waals surface area (Å²) in [6.07, 6.45) is 3.93. The highest BCUT2D eigenvalue weighted by Gasteiger charge is 2.12. The molecular weight excluding hydrogens is 180 g/mol. The summed E-state index contributed by atoms with van der Waals surface area (Å²) in [7, 11) is 1.94. The smallest absolute Gasteiger partial charge is 0.269 e. The van der Waals surface area contributed by atoms with Crippen molar-refractivity contribution in [2.24, 2.45) is 0 Å². The van der Waals surface area contributed by atoms with Crippen LogP contribution in [0.4, 0.5) is 5.69 Å². The molecule has 1 aliphatic heterocycles. The van der Waals surface area contributed by atoms with E-state index >= 15 is 0 Å². The third-order valence-electron chi connectivity index (χ3n) is 2.27. The Morgan fingerprint density at radius 3 is 3.00 bits per heavy atom. The highest BCUT2D eigenvalue weighted by atomic mass is 16.6. The molecule has 0 bridgehead atoms. The average molecular weight is 190 g/mol. The van der Waals surface area contributed by atoms with Crippen LogP contribution >= 0.6 is 0 Å². The van der Waals surface area contributed by atoms with E-state index in [0.29, 0.717) is 0 Å². The quantitative estimate of drug-likeness (QED) is 0.502. The number of fused-ring (bicyclic) bond motifs is 1. The highest BCUT2D eigenvalue weighted by Crippen LogP contribution is 2.23. The van der Waals surface area contributed by atoms with Crippen molar-refractivity contribution in [2.45, 2.75) is 6.54 Å². The maximum absolute atomic E-state index is 10.5. The maximum atomic E-state index is 10.5. The fourth-order valence-corrected chi connectivity index (χ4v) is 1.53. The molecule has 4 nitrogen and oxygen atoms in total. The Morgan fingerprint density at radius 1 is 1.50 bits per heavy atom. The monoisotopic (exact) mass is 190 g/mol. The van der Waals surface area contributed by atoms with Gasteiger partial charge in [-0.1, -0.05) is 0 Å². The van der Waals surface area contributed by atoms with Gasteiger partial charge < -0.3 is 4.90 Å². The third kappa shape index (κ3) is 1.46. The Labute approximate surface area is 81.6 Å². The van der Waals surface area contributed by atoms with Crippen molar-refractivity contribution in [1.82, 2.24) is 4.90 Å². The molecular formula is C10H10N2O2. The molecule has 2 rings (SSSR count). The number of nitro benzene ring substituents is 1. The zero-order valence-electron chi connectivity index (χ0n) is 7.80. The first-order valence-corrected chi connectivity index (χ1v) is 4.32. The van der Waals surface area contributed by atoms with Gasteiger partial charge >= 0.3 is 0 Å². The fraction of sp³-hybridized carbons (Fsp3) is 0.200. The largest absolute Gasteiger partial charge is 0.376 e. The third-order valence-corrected chi connectivity index (χ3v) is 2.27. The number of rotatable bonds is 1. The van der Waals surface area contributed by atoms with Crippen LogP contribution in [-0.2, 0) is 6.54 Å². The van der Waals surface area contributed by atoms with Gasteiger partial charge in [0.2, 0.25) is 0 Å². The van der Waals surface area contributed by atoms with Gasteiger partial charge in [0.05, 0.1) is 4.92 Å². The van der Waals surface area contributed by atoms with E-state index in [-0.39, 0.29) is 10.6 Å². The van der Waals surface area contributed by atoms with Gasteiger partial charge in [0, 0.05) is 25.7 Å². The second-order valence-electron chi connectivity index (χ2n) is 3.37. The lowest BCUT2D eigenvalue weighted by Crippen LogP contribution is -2.14. The number of non-ortho nitro benzene ring substituents is 1. The molecule has 0 unspecified atom stereocenters. The molecule has 1 heterocycles. The van der Waals surface area contributed by atoms with Gasteiger partial charge in [-0.2, -0.15) is 0 Å². The zero-order valence-corrected chi connectivity index (χ0v) is 7.80. The van der Waals surface area contributed by atoms with Crippen molar-refractivity contribution in [1.29, 1.82) is 0 Å². The topological polar surface area (TPSA) is 46.4 Å². The standard InChI is InChI=1S/C10H10N2O2/c1-11-5-4-8-2-3-10(12(13)14)6-9(8)7-11/h2-6H,7H2,1H3. The highest BCUT2D eigenvalue weighted by molar-refractivity contribution is 5.58. The Morgan fingerprint density at radius 2 is 2.29 bits per heavy atom. The average Bonchev–Trinajstić information content (AvgIpc) is 2.16. The summed E-state index contributed by atoms with van der Waals surface area (Å²) in [4.78, 5) is 12.2. The van der Waals surface area contributed by atoms with Gasteiger partial charge in [-0.05, 0) is 29.5 Å².